The number of sulfonamides is 1. The monoisotopic (exact) mass is 252 g/mol. The molecule has 0 saturated heterocycles. The molecule has 3 N–H and O–H groups in total. The Labute approximate surface area is 99.1 Å². The van der Waals surface area contributed by atoms with Gasteiger partial charge in [-0.25, -0.2) is 17.8 Å². The van der Waals surface area contributed by atoms with Gasteiger partial charge in [0.1, 0.15) is 0 Å². The van der Waals surface area contributed by atoms with Crippen molar-refractivity contribution in [2.75, 3.05) is 12.8 Å². The van der Waals surface area contributed by atoms with Crippen LogP contribution in [0.25, 0.3) is 5.69 Å². The Morgan fingerprint density at radius 3 is 2.76 bits per heavy atom. The zero-order chi connectivity index (χ0) is 12.5. The van der Waals surface area contributed by atoms with Gasteiger partial charge in [0.2, 0.25) is 10.0 Å². The van der Waals surface area contributed by atoms with Crippen LogP contribution >= 0.6 is 0 Å². The van der Waals surface area contributed by atoms with Crippen molar-refractivity contribution < 1.29 is 8.42 Å². The number of nitrogens with two attached hydrogens (primary N) is 1. The summed E-state index contributed by atoms with van der Waals surface area (Å²) in [4.78, 5) is 0.153. The Morgan fingerprint density at radius 2 is 2.18 bits per heavy atom. The molecule has 17 heavy (non-hydrogen) atoms. The van der Waals surface area contributed by atoms with Gasteiger partial charge in [-0.1, -0.05) is 0 Å². The smallest absolute Gasteiger partial charge is 0.240 e. The summed E-state index contributed by atoms with van der Waals surface area (Å²) in [5.74, 6) is 0. The van der Waals surface area contributed by atoms with Crippen LogP contribution in [0.2, 0.25) is 0 Å². The van der Waals surface area contributed by atoms with E-state index in [1.54, 1.807) is 24.5 Å². The largest absolute Gasteiger partial charge is 0.397 e. The first-order chi connectivity index (χ1) is 8.04. The molecule has 1 aromatic carbocycles. The third-order valence-electron chi connectivity index (χ3n) is 2.33. The quantitative estimate of drug-likeness (QED) is 0.772. The summed E-state index contributed by atoms with van der Waals surface area (Å²) in [5, 5.41) is 4.02. The van der Waals surface area contributed by atoms with Gasteiger partial charge in [0.05, 0.1) is 16.3 Å². The summed E-state index contributed by atoms with van der Waals surface area (Å²) in [6, 6.07) is 6.21. The second-order valence-corrected chi connectivity index (χ2v) is 5.27. The zero-order valence-corrected chi connectivity index (χ0v) is 9.98. The Morgan fingerprint density at radius 1 is 1.41 bits per heavy atom. The molecule has 0 aliphatic carbocycles. The Balaban J connectivity index is 2.59. The maximum Gasteiger partial charge on any atom is 0.240 e. The van der Waals surface area contributed by atoms with Crippen LogP contribution in [0.4, 0.5) is 5.69 Å². The first kappa shape index (κ1) is 11.6. The highest BCUT2D eigenvalue weighted by molar-refractivity contribution is 7.89. The Kier molecular flexibility index (Phi) is 2.86. The van der Waals surface area contributed by atoms with E-state index in [1.807, 2.05) is 0 Å². The Hall–Kier alpha value is -1.86. The summed E-state index contributed by atoms with van der Waals surface area (Å²) in [6.45, 7) is 0. The van der Waals surface area contributed by atoms with Gasteiger partial charge in [0, 0.05) is 12.4 Å². The maximum atomic E-state index is 11.7. The number of nitrogens with zero attached hydrogens (tertiary/aromatic N) is 2. The molecule has 0 saturated carbocycles. The number of aromatic nitrogens is 2. The molecule has 7 heteroatoms. The molecule has 0 fully saturated rings. The molecular weight excluding hydrogens is 240 g/mol. The molecule has 2 aromatic rings. The first-order valence-electron chi connectivity index (χ1n) is 4.87. The molecule has 0 spiro atoms. The van der Waals surface area contributed by atoms with E-state index < -0.39 is 10.0 Å². The SMILES string of the molecule is CNS(=O)(=O)c1ccc(N)c(-n2cccn2)c1. The van der Waals surface area contributed by atoms with Crippen molar-refractivity contribution in [3.63, 3.8) is 0 Å². The van der Waals surface area contributed by atoms with E-state index in [0.717, 1.165) is 0 Å². The second-order valence-electron chi connectivity index (χ2n) is 3.38. The van der Waals surface area contributed by atoms with Crippen LogP contribution in [-0.2, 0) is 10.0 Å². The minimum atomic E-state index is -3.48. The van der Waals surface area contributed by atoms with Crippen molar-refractivity contribution in [1.82, 2.24) is 14.5 Å². The van der Waals surface area contributed by atoms with Crippen LogP contribution in [0, 0.1) is 0 Å². The minimum absolute atomic E-state index is 0.153. The van der Waals surface area contributed by atoms with Crippen molar-refractivity contribution in [3.05, 3.63) is 36.7 Å². The summed E-state index contributed by atoms with van der Waals surface area (Å²) in [7, 11) is -2.11. The highest BCUT2D eigenvalue weighted by Gasteiger charge is 2.13. The average molecular weight is 252 g/mol. The molecule has 0 bridgehead atoms. The highest BCUT2D eigenvalue weighted by Crippen LogP contribution is 2.20. The van der Waals surface area contributed by atoms with Gasteiger partial charge in [-0.3, -0.25) is 0 Å². The summed E-state index contributed by atoms with van der Waals surface area (Å²) in [5.41, 5.74) is 6.78. The molecule has 1 aromatic heterocycles. The first-order valence-corrected chi connectivity index (χ1v) is 6.36. The van der Waals surface area contributed by atoms with Crippen molar-refractivity contribution >= 4 is 15.7 Å². The normalized spacial score (nSPS) is 11.6. The third kappa shape index (κ3) is 2.15. The van der Waals surface area contributed by atoms with Gasteiger partial charge in [-0.05, 0) is 31.3 Å². The van der Waals surface area contributed by atoms with Crippen LogP contribution < -0.4 is 10.5 Å². The number of anilines is 1. The fraction of sp³-hybridized carbons (Fsp3) is 0.100. The lowest BCUT2D eigenvalue weighted by atomic mass is 10.3. The van der Waals surface area contributed by atoms with E-state index in [-0.39, 0.29) is 4.90 Å². The Bertz CT molecular complexity index is 620. The van der Waals surface area contributed by atoms with Gasteiger partial charge in [0.15, 0.2) is 0 Å². The maximum absolute atomic E-state index is 11.7. The van der Waals surface area contributed by atoms with Crippen LogP contribution in [0.1, 0.15) is 0 Å². The molecule has 0 aliphatic rings. The van der Waals surface area contributed by atoms with E-state index >= 15 is 0 Å². The van der Waals surface area contributed by atoms with Crippen LogP contribution in [-0.4, -0.2) is 25.2 Å². The number of nitrogen functional groups attached to an aromatic ring is 1. The fourth-order valence-electron chi connectivity index (χ4n) is 1.42. The van der Waals surface area contributed by atoms with Gasteiger partial charge in [-0.2, -0.15) is 5.10 Å². The lowest BCUT2D eigenvalue weighted by molar-refractivity contribution is 0.588. The van der Waals surface area contributed by atoms with Gasteiger partial charge in [-0.15, -0.1) is 0 Å². The fourth-order valence-corrected chi connectivity index (χ4v) is 2.17. The van der Waals surface area contributed by atoms with E-state index in [0.29, 0.717) is 11.4 Å². The molecular formula is C10H12N4O2S. The summed E-state index contributed by atoms with van der Waals surface area (Å²) >= 11 is 0. The molecule has 6 nitrogen and oxygen atoms in total. The minimum Gasteiger partial charge on any atom is -0.397 e. The van der Waals surface area contributed by atoms with Crippen molar-refractivity contribution in [2.24, 2.45) is 0 Å². The van der Waals surface area contributed by atoms with Gasteiger partial charge < -0.3 is 5.73 Å². The van der Waals surface area contributed by atoms with E-state index in [1.165, 1.54) is 23.9 Å². The average Bonchev–Trinajstić information content (AvgIpc) is 2.83. The predicted octanol–water partition coefficient (Wildman–Crippen LogP) is 0.363. The van der Waals surface area contributed by atoms with Crippen molar-refractivity contribution in [2.45, 2.75) is 4.90 Å². The number of rotatable bonds is 3. The molecule has 0 aliphatic heterocycles. The van der Waals surface area contributed by atoms with E-state index in [2.05, 4.69) is 9.82 Å². The van der Waals surface area contributed by atoms with Crippen molar-refractivity contribution in [1.29, 1.82) is 0 Å². The van der Waals surface area contributed by atoms with Gasteiger partial charge >= 0.3 is 0 Å². The second kappa shape index (κ2) is 4.19. The molecule has 2 rings (SSSR count). The lowest BCUT2D eigenvalue weighted by Crippen LogP contribution is -2.19. The molecule has 0 unspecified atom stereocenters. The third-order valence-corrected chi connectivity index (χ3v) is 3.74. The van der Waals surface area contributed by atoms with Crippen LogP contribution in [0.15, 0.2) is 41.6 Å². The van der Waals surface area contributed by atoms with Crippen molar-refractivity contribution in [3.8, 4) is 5.69 Å². The number of benzene rings is 1. The molecule has 0 radical (unpaired) electrons. The molecule has 0 amide bonds. The summed E-state index contributed by atoms with van der Waals surface area (Å²) < 4.78 is 27.1. The van der Waals surface area contributed by atoms with E-state index in [9.17, 15) is 8.42 Å². The standard InChI is InChI=1S/C10H12N4O2S/c1-12-17(15,16)8-3-4-9(11)10(7-8)14-6-2-5-13-14/h2-7,12H,11H2,1H3. The van der Waals surface area contributed by atoms with Crippen LogP contribution in [0.3, 0.4) is 0 Å². The predicted molar refractivity (Wildman–Crippen MR) is 64.2 cm³/mol. The highest BCUT2D eigenvalue weighted by atomic mass is 32.2. The summed E-state index contributed by atoms with van der Waals surface area (Å²) in [6.07, 6.45) is 3.29. The van der Waals surface area contributed by atoms with Gasteiger partial charge in [0.25, 0.3) is 0 Å². The van der Waals surface area contributed by atoms with Crippen LogP contribution in [0.5, 0.6) is 0 Å². The number of hydrogen-bond donors (Lipinski definition) is 2. The zero-order valence-electron chi connectivity index (χ0n) is 9.16. The lowest BCUT2D eigenvalue weighted by Gasteiger charge is -2.08. The number of hydrogen-bond acceptors (Lipinski definition) is 4. The molecule has 0 atom stereocenters. The topological polar surface area (TPSA) is 90.0 Å². The number of nitrogens with one attached hydrogen (secondary N) is 1. The molecule has 90 valence electrons. The van der Waals surface area contributed by atoms with E-state index in [4.69, 9.17) is 5.73 Å². The molecule has 1 heterocycles.